The molecule has 1 aliphatic heterocycles. The van der Waals surface area contributed by atoms with Crippen LogP contribution in [0.25, 0.3) is 0 Å². The molecule has 0 aromatic heterocycles. The predicted octanol–water partition coefficient (Wildman–Crippen LogP) is 2.47. The van der Waals surface area contributed by atoms with Gasteiger partial charge < -0.3 is 5.32 Å². The molecule has 0 amide bonds. The van der Waals surface area contributed by atoms with Gasteiger partial charge in [-0.05, 0) is 25.3 Å². The molecule has 17 heavy (non-hydrogen) atoms. The third-order valence-corrected chi connectivity index (χ3v) is 3.53. The minimum atomic E-state index is 0.613. The van der Waals surface area contributed by atoms with E-state index in [9.17, 15) is 0 Å². The van der Waals surface area contributed by atoms with Gasteiger partial charge in [0.25, 0.3) is 0 Å². The molecule has 3 unspecified atom stereocenters. The molecule has 3 atom stereocenters. The molecule has 1 saturated heterocycles. The first-order valence-corrected chi connectivity index (χ1v) is 6.68. The van der Waals surface area contributed by atoms with Gasteiger partial charge in [-0.3, -0.25) is 4.90 Å². The van der Waals surface area contributed by atoms with E-state index in [0.29, 0.717) is 18.0 Å². The first-order chi connectivity index (χ1) is 8.15. The van der Waals surface area contributed by atoms with E-state index in [1.807, 2.05) is 0 Å². The quantitative estimate of drug-likeness (QED) is 0.861. The van der Waals surface area contributed by atoms with Crippen molar-refractivity contribution in [1.29, 1.82) is 0 Å². The van der Waals surface area contributed by atoms with E-state index in [2.05, 4.69) is 61.3 Å². The number of benzene rings is 1. The molecule has 0 spiro atoms. The van der Waals surface area contributed by atoms with Crippen LogP contribution in [-0.2, 0) is 0 Å². The lowest BCUT2D eigenvalue weighted by molar-refractivity contribution is 0.167. The zero-order valence-corrected chi connectivity index (χ0v) is 11.2. The predicted molar refractivity (Wildman–Crippen MR) is 73.4 cm³/mol. The Morgan fingerprint density at radius 1 is 1.18 bits per heavy atom. The van der Waals surface area contributed by atoms with Crippen molar-refractivity contribution < 1.29 is 0 Å². The molecule has 1 fully saturated rings. The standard InChI is InChI=1S/C15H24N2/c1-12(15-7-5-4-6-8-15)9-17-10-13(2)16-14(3)11-17/h4-8,12-14,16H,9-11H2,1-3H3. The average molecular weight is 232 g/mol. The largest absolute Gasteiger partial charge is 0.309 e. The first-order valence-electron chi connectivity index (χ1n) is 6.68. The van der Waals surface area contributed by atoms with Gasteiger partial charge in [0.05, 0.1) is 0 Å². The fourth-order valence-corrected chi connectivity index (χ4v) is 2.86. The van der Waals surface area contributed by atoms with Gasteiger partial charge in [-0.25, -0.2) is 0 Å². The van der Waals surface area contributed by atoms with Crippen molar-refractivity contribution in [3.05, 3.63) is 35.9 Å². The Bertz CT molecular complexity index is 326. The van der Waals surface area contributed by atoms with Crippen molar-refractivity contribution in [3.8, 4) is 0 Å². The van der Waals surface area contributed by atoms with Crippen LogP contribution in [0.1, 0.15) is 32.3 Å². The lowest BCUT2D eigenvalue weighted by atomic mass is 9.99. The highest BCUT2D eigenvalue weighted by atomic mass is 15.2. The Hall–Kier alpha value is -0.860. The molecule has 1 aromatic carbocycles. The number of nitrogens with zero attached hydrogens (tertiary/aromatic N) is 1. The molecular weight excluding hydrogens is 208 g/mol. The Kier molecular flexibility index (Phi) is 4.19. The number of hydrogen-bond donors (Lipinski definition) is 1. The normalized spacial score (nSPS) is 27.9. The zero-order valence-electron chi connectivity index (χ0n) is 11.2. The molecule has 1 N–H and O–H groups in total. The van der Waals surface area contributed by atoms with Crippen LogP contribution in [-0.4, -0.2) is 36.6 Å². The highest BCUT2D eigenvalue weighted by molar-refractivity contribution is 5.19. The summed E-state index contributed by atoms with van der Waals surface area (Å²) in [6.07, 6.45) is 0. The summed E-state index contributed by atoms with van der Waals surface area (Å²) in [5, 5.41) is 3.58. The SMILES string of the molecule is CC1CN(CC(C)c2ccccc2)CC(C)N1. The lowest BCUT2D eigenvalue weighted by Crippen LogP contribution is -2.54. The molecular formula is C15H24N2. The molecule has 2 rings (SSSR count). The summed E-state index contributed by atoms with van der Waals surface area (Å²) in [5.41, 5.74) is 1.45. The van der Waals surface area contributed by atoms with E-state index < -0.39 is 0 Å². The minimum absolute atomic E-state index is 0.613. The fourth-order valence-electron chi connectivity index (χ4n) is 2.86. The number of piperazine rings is 1. The van der Waals surface area contributed by atoms with Gasteiger partial charge >= 0.3 is 0 Å². The van der Waals surface area contributed by atoms with Gasteiger partial charge in [0, 0.05) is 31.7 Å². The van der Waals surface area contributed by atoms with Crippen LogP contribution in [0.15, 0.2) is 30.3 Å². The van der Waals surface area contributed by atoms with E-state index >= 15 is 0 Å². The number of rotatable bonds is 3. The monoisotopic (exact) mass is 232 g/mol. The third-order valence-electron chi connectivity index (χ3n) is 3.53. The summed E-state index contributed by atoms with van der Waals surface area (Å²) in [6, 6.07) is 12.1. The second-order valence-electron chi connectivity index (χ2n) is 5.50. The number of nitrogens with one attached hydrogen (secondary N) is 1. The molecule has 2 heteroatoms. The summed E-state index contributed by atoms with van der Waals surface area (Å²) in [4.78, 5) is 2.59. The molecule has 94 valence electrons. The van der Waals surface area contributed by atoms with E-state index in [4.69, 9.17) is 0 Å². The van der Waals surface area contributed by atoms with Crippen molar-refractivity contribution in [1.82, 2.24) is 10.2 Å². The molecule has 0 saturated carbocycles. The van der Waals surface area contributed by atoms with Crippen molar-refractivity contribution in [2.75, 3.05) is 19.6 Å². The van der Waals surface area contributed by atoms with Crippen LogP contribution in [0.3, 0.4) is 0 Å². The molecule has 1 heterocycles. The maximum atomic E-state index is 3.58. The Balaban J connectivity index is 1.92. The van der Waals surface area contributed by atoms with Crippen LogP contribution in [0.5, 0.6) is 0 Å². The Morgan fingerprint density at radius 3 is 2.35 bits per heavy atom. The second kappa shape index (κ2) is 5.65. The Labute approximate surface area is 105 Å². The summed E-state index contributed by atoms with van der Waals surface area (Å²) in [7, 11) is 0. The summed E-state index contributed by atoms with van der Waals surface area (Å²) >= 11 is 0. The van der Waals surface area contributed by atoms with Crippen molar-refractivity contribution in [2.45, 2.75) is 38.8 Å². The van der Waals surface area contributed by atoms with Crippen molar-refractivity contribution in [2.24, 2.45) is 0 Å². The van der Waals surface area contributed by atoms with E-state index in [1.54, 1.807) is 0 Å². The van der Waals surface area contributed by atoms with Crippen LogP contribution in [0.4, 0.5) is 0 Å². The zero-order chi connectivity index (χ0) is 12.3. The summed E-state index contributed by atoms with van der Waals surface area (Å²) in [6.45, 7) is 10.4. The highest BCUT2D eigenvalue weighted by Gasteiger charge is 2.22. The Morgan fingerprint density at radius 2 is 1.76 bits per heavy atom. The summed E-state index contributed by atoms with van der Waals surface area (Å²) < 4.78 is 0. The van der Waals surface area contributed by atoms with Crippen molar-refractivity contribution in [3.63, 3.8) is 0 Å². The number of hydrogen-bond acceptors (Lipinski definition) is 2. The molecule has 1 aliphatic rings. The van der Waals surface area contributed by atoms with Gasteiger partial charge in [-0.1, -0.05) is 37.3 Å². The fraction of sp³-hybridized carbons (Fsp3) is 0.600. The first kappa shape index (κ1) is 12.6. The molecule has 0 radical (unpaired) electrons. The topological polar surface area (TPSA) is 15.3 Å². The molecule has 2 nitrogen and oxygen atoms in total. The smallest absolute Gasteiger partial charge is 0.0169 e. The van der Waals surface area contributed by atoms with Crippen LogP contribution >= 0.6 is 0 Å². The maximum absolute atomic E-state index is 3.58. The van der Waals surface area contributed by atoms with Gasteiger partial charge in [-0.2, -0.15) is 0 Å². The van der Waals surface area contributed by atoms with E-state index in [0.717, 1.165) is 0 Å². The van der Waals surface area contributed by atoms with Crippen LogP contribution in [0.2, 0.25) is 0 Å². The molecule has 0 bridgehead atoms. The summed E-state index contributed by atoms with van der Waals surface area (Å²) in [5.74, 6) is 0.619. The van der Waals surface area contributed by atoms with Gasteiger partial charge in [0.2, 0.25) is 0 Å². The third kappa shape index (κ3) is 3.55. The second-order valence-corrected chi connectivity index (χ2v) is 5.50. The maximum Gasteiger partial charge on any atom is 0.0169 e. The van der Waals surface area contributed by atoms with E-state index in [1.165, 1.54) is 25.2 Å². The van der Waals surface area contributed by atoms with Gasteiger partial charge in [0.15, 0.2) is 0 Å². The van der Waals surface area contributed by atoms with Crippen LogP contribution in [0, 0.1) is 0 Å². The van der Waals surface area contributed by atoms with E-state index in [-0.39, 0.29) is 0 Å². The van der Waals surface area contributed by atoms with Crippen LogP contribution < -0.4 is 5.32 Å². The van der Waals surface area contributed by atoms with Crippen molar-refractivity contribution >= 4 is 0 Å². The molecule has 1 aromatic rings. The lowest BCUT2D eigenvalue weighted by Gasteiger charge is -2.37. The highest BCUT2D eigenvalue weighted by Crippen LogP contribution is 2.17. The average Bonchev–Trinajstić information content (AvgIpc) is 2.28. The van der Waals surface area contributed by atoms with Gasteiger partial charge in [-0.15, -0.1) is 0 Å². The van der Waals surface area contributed by atoms with Gasteiger partial charge in [0.1, 0.15) is 0 Å². The minimum Gasteiger partial charge on any atom is -0.309 e. The molecule has 0 aliphatic carbocycles.